The molecule has 0 bridgehead atoms. The summed E-state index contributed by atoms with van der Waals surface area (Å²) < 4.78 is 0. The molecule has 0 aliphatic carbocycles. The lowest BCUT2D eigenvalue weighted by molar-refractivity contribution is -0.121. The fourth-order valence-electron chi connectivity index (χ4n) is 3.92. The van der Waals surface area contributed by atoms with E-state index in [1.807, 2.05) is 60.7 Å². The van der Waals surface area contributed by atoms with Crippen LogP contribution in [-0.4, -0.2) is 35.0 Å². The number of hydrogen-bond acceptors (Lipinski definition) is 5. The Labute approximate surface area is 203 Å². The van der Waals surface area contributed by atoms with Gasteiger partial charge in [-0.2, -0.15) is 5.10 Å². The van der Waals surface area contributed by atoms with Gasteiger partial charge < -0.3 is 10.6 Å². The first kappa shape index (κ1) is 23.9. The number of benzene rings is 3. The zero-order valence-electron chi connectivity index (χ0n) is 19.6. The molecule has 0 radical (unpaired) electrons. The van der Waals surface area contributed by atoms with Gasteiger partial charge in [0.15, 0.2) is 11.6 Å². The molecule has 1 amide bonds. The van der Waals surface area contributed by atoms with E-state index in [0.29, 0.717) is 42.7 Å². The number of H-pyrrole nitrogens is 1. The fourth-order valence-corrected chi connectivity index (χ4v) is 3.92. The molecule has 1 heterocycles. The molecule has 178 valence electrons. The van der Waals surface area contributed by atoms with Crippen LogP contribution in [0.15, 0.2) is 77.6 Å². The van der Waals surface area contributed by atoms with Crippen molar-refractivity contribution >= 4 is 28.3 Å². The van der Waals surface area contributed by atoms with Crippen molar-refractivity contribution in [3.05, 3.63) is 94.3 Å². The van der Waals surface area contributed by atoms with E-state index in [1.54, 1.807) is 13.0 Å². The van der Waals surface area contributed by atoms with Crippen LogP contribution in [0, 0.1) is 0 Å². The van der Waals surface area contributed by atoms with E-state index in [9.17, 15) is 14.4 Å². The zero-order chi connectivity index (χ0) is 24.6. The maximum Gasteiger partial charge on any atom is 0.272 e. The number of aryl methyl sites for hydroxylation is 1. The van der Waals surface area contributed by atoms with Gasteiger partial charge >= 0.3 is 0 Å². The third-order valence-electron chi connectivity index (χ3n) is 5.86. The van der Waals surface area contributed by atoms with Crippen molar-refractivity contribution in [2.24, 2.45) is 0 Å². The van der Waals surface area contributed by atoms with Gasteiger partial charge in [-0.1, -0.05) is 66.7 Å². The second kappa shape index (κ2) is 11.2. The quantitative estimate of drug-likeness (QED) is 0.237. The van der Waals surface area contributed by atoms with Crippen molar-refractivity contribution in [3.8, 4) is 11.1 Å². The number of carbonyl (C=O) groups excluding carboxylic acids is 2. The summed E-state index contributed by atoms with van der Waals surface area (Å²) in [7, 11) is 0. The topological polar surface area (TPSA) is 104 Å². The first-order valence-corrected chi connectivity index (χ1v) is 11.7. The van der Waals surface area contributed by atoms with Crippen molar-refractivity contribution in [3.63, 3.8) is 0 Å². The summed E-state index contributed by atoms with van der Waals surface area (Å²) in [5.74, 6) is 0.685. The van der Waals surface area contributed by atoms with Crippen molar-refractivity contribution in [2.75, 3.05) is 18.4 Å². The van der Waals surface area contributed by atoms with E-state index in [-0.39, 0.29) is 17.2 Å². The molecule has 35 heavy (non-hydrogen) atoms. The summed E-state index contributed by atoms with van der Waals surface area (Å²) in [5.41, 5.74) is 3.67. The van der Waals surface area contributed by atoms with Crippen LogP contribution in [0.3, 0.4) is 0 Å². The second-order valence-corrected chi connectivity index (χ2v) is 8.41. The Bertz CT molecular complexity index is 1390. The highest BCUT2D eigenvalue weighted by atomic mass is 16.1. The molecule has 0 saturated carbocycles. The number of aromatic amines is 1. The summed E-state index contributed by atoms with van der Waals surface area (Å²) in [6, 6.07) is 23.0. The van der Waals surface area contributed by atoms with Gasteiger partial charge in [-0.15, -0.1) is 0 Å². The highest BCUT2D eigenvalue weighted by molar-refractivity contribution is 5.94. The number of hydrogen-bond donors (Lipinski definition) is 3. The molecule has 0 aliphatic heterocycles. The van der Waals surface area contributed by atoms with Crippen LogP contribution in [0.25, 0.3) is 21.9 Å². The predicted molar refractivity (Wildman–Crippen MR) is 139 cm³/mol. The molecule has 0 atom stereocenters. The van der Waals surface area contributed by atoms with Gasteiger partial charge in [0.25, 0.3) is 5.56 Å². The van der Waals surface area contributed by atoms with Crippen LogP contribution < -0.4 is 16.2 Å². The highest BCUT2D eigenvalue weighted by Gasteiger charge is 2.07. The minimum atomic E-state index is -0.213. The molecule has 7 nitrogen and oxygen atoms in total. The van der Waals surface area contributed by atoms with Gasteiger partial charge in [0.05, 0.1) is 5.39 Å². The largest absolute Gasteiger partial charge is 0.368 e. The van der Waals surface area contributed by atoms with Crippen LogP contribution in [0.2, 0.25) is 0 Å². The number of rotatable bonds is 10. The van der Waals surface area contributed by atoms with E-state index < -0.39 is 0 Å². The zero-order valence-corrected chi connectivity index (χ0v) is 19.6. The van der Waals surface area contributed by atoms with E-state index in [2.05, 4.69) is 26.9 Å². The minimum absolute atomic E-state index is 0.00818. The van der Waals surface area contributed by atoms with E-state index in [0.717, 1.165) is 28.5 Å². The maximum atomic E-state index is 12.3. The number of Topliss-reactive ketones (excluding diaryl/α,β-unsaturated/α-hetero) is 1. The third-order valence-corrected chi connectivity index (χ3v) is 5.86. The van der Waals surface area contributed by atoms with Gasteiger partial charge in [-0.25, -0.2) is 5.10 Å². The molecule has 3 aromatic carbocycles. The lowest BCUT2D eigenvalue weighted by Crippen LogP contribution is -2.26. The normalized spacial score (nSPS) is 10.8. The minimum Gasteiger partial charge on any atom is -0.368 e. The molecule has 0 saturated heterocycles. The molecule has 4 aromatic rings. The number of carbonyl (C=O) groups is 2. The van der Waals surface area contributed by atoms with Crippen molar-refractivity contribution in [1.82, 2.24) is 15.5 Å². The first-order chi connectivity index (χ1) is 17.0. The van der Waals surface area contributed by atoms with Crippen LogP contribution >= 0.6 is 0 Å². The fraction of sp³-hybridized carbons (Fsp3) is 0.214. The third kappa shape index (κ3) is 6.20. The standard InChI is InChI=1S/C28H28N4O3/c1-19(33)21-11-13-22(14-12-21)23-7-4-6-20(18-23)10-15-26(34)29-16-5-17-30-27-24-8-2-3-9-25(24)28(35)32-31-27/h2-4,6-9,11-14,18H,5,10,15-17H2,1H3,(H,29,34)(H,30,31)(H,32,35). The molecule has 0 spiro atoms. The molecule has 4 rings (SSSR count). The monoisotopic (exact) mass is 468 g/mol. The molecule has 1 aromatic heterocycles. The molecule has 0 unspecified atom stereocenters. The Morgan fingerprint density at radius 1 is 0.886 bits per heavy atom. The van der Waals surface area contributed by atoms with E-state index in [4.69, 9.17) is 0 Å². The Kier molecular flexibility index (Phi) is 7.67. The van der Waals surface area contributed by atoms with Gasteiger partial charge in [-0.05, 0) is 42.5 Å². The lowest BCUT2D eigenvalue weighted by atomic mass is 9.99. The highest BCUT2D eigenvalue weighted by Crippen LogP contribution is 2.22. The Hall–Kier alpha value is -4.26. The second-order valence-electron chi connectivity index (χ2n) is 8.41. The summed E-state index contributed by atoms with van der Waals surface area (Å²) in [6.07, 6.45) is 1.79. The van der Waals surface area contributed by atoms with Crippen molar-refractivity contribution in [1.29, 1.82) is 0 Å². The average molecular weight is 469 g/mol. The van der Waals surface area contributed by atoms with Gasteiger partial charge in [-0.3, -0.25) is 14.4 Å². The van der Waals surface area contributed by atoms with Gasteiger partial charge in [0, 0.05) is 30.5 Å². The SMILES string of the molecule is CC(=O)c1ccc(-c2cccc(CCC(=O)NCCCNc3n[nH]c(=O)c4ccccc34)c2)cc1. The predicted octanol–water partition coefficient (Wildman–Crippen LogP) is 4.34. The van der Waals surface area contributed by atoms with E-state index in [1.165, 1.54) is 0 Å². The molecular formula is C28H28N4O3. The molecule has 0 aliphatic rings. The summed E-state index contributed by atoms with van der Waals surface area (Å²) in [4.78, 5) is 35.6. The number of nitrogens with one attached hydrogen (secondary N) is 3. The summed E-state index contributed by atoms with van der Waals surface area (Å²) in [6.45, 7) is 2.73. The summed E-state index contributed by atoms with van der Waals surface area (Å²) >= 11 is 0. The Morgan fingerprint density at radius 2 is 1.66 bits per heavy atom. The number of ketones is 1. The molecule has 7 heteroatoms. The van der Waals surface area contributed by atoms with Gasteiger partial charge in [0.2, 0.25) is 5.91 Å². The number of fused-ring (bicyclic) bond motifs is 1. The summed E-state index contributed by atoms with van der Waals surface area (Å²) in [5, 5.41) is 14.2. The Morgan fingerprint density at radius 3 is 2.43 bits per heavy atom. The number of aromatic nitrogens is 2. The molecule has 0 fully saturated rings. The van der Waals surface area contributed by atoms with Crippen molar-refractivity contribution in [2.45, 2.75) is 26.2 Å². The van der Waals surface area contributed by atoms with E-state index >= 15 is 0 Å². The van der Waals surface area contributed by atoms with Gasteiger partial charge in [0.1, 0.15) is 0 Å². The van der Waals surface area contributed by atoms with Crippen molar-refractivity contribution < 1.29 is 9.59 Å². The lowest BCUT2D eigenvalue weighted by Gasteiger charge is -2.09. The first-order valence-electron chi connectivity index (χ1n) is 11.7. The average Bonchev–Trinajstić information content (AvgIpc) is 2.89. The number of nitrogens with zero attached hydrogens (tertiary/aromatic N) is 1. The van der Waals surface area contributed by atoms with Crippen LogP contribution in [0.4, 0.5) is 5.82 Å². The Balaban J connectivity index is 1.22. The molecular weight excluding hydrogens is 440 g/mol. The van der Waals surface area contributed by atoms with Crippen LogP contribution in [-0.2, 0) is 11.2 Å². The smallest absolute Gasteiger partial charge is 0.272 e. The number of anilines is 1. The molecule has 3 N–H and O–H groups in total. The van der Waals surface area contributed by atoms with Crippen LogP contribution in [0.5, 0.6) is 0 Å². The maximum absolute atomic E-state index is 12.3. The number of amides is 1. The van der Waals surface area contributed by atoms with Crippen LogP contribution in [0.1, 0.15) is 35.7 Å².